The van der Waals surface area contributed by atoms with Gasteiger partial charge >= 0.3 is 0 Å². The average Bonchev–Trinajstić information content (AvgIpc) is 2.96. The molecule has 2 rings (SSSR count). The summed E-state index contributed by atoms with van der Waals surface area (Å²) >= 11 is 3.81. The van der Waals surface area contributed by atoms with E-state index in [1.165, 1.54) is 21.8 Å². The number of nitrogens with one attached hydrogen (secondary N) is 1. The second kappa shape index (κ2) is 8.50. The quantitative estimate of drug-likeness (QED) is 0.706. The molecule has 0 aliphatic heterocycles. The SMILES string of the molecule is CCCNC(CSc1ccc(C)cc1)Cc1cccs1. The lowest BCUT2D eigenvalue weighted by Gasteiger charge is -2.17. The van der Waals surface area contributed by atoms with E-state index in [4.69, 9.17) is 0 Å². The molecule has 0 aliphatic carbocycles. The third-order valence-electron chi connectivity index (χ3n) is 3.18. The van der Waals surface area contributed by atoms with E-state index >= 15 is 0 Å². The molecule has 1 atom stereocenters. The third kappa shape index (κ3) is 5.31. The third-order valence-corrected chi connectivity index (χ3v) is 5.26. The fourth-order valence-electron chi connectivity index (χ4n) is 2.04. The first-order chi connectivity index (χ1) is 9.78. The lowest BCUT2D eigenvalue weighted by Crippen LogP contribution is -2.33. The highest BCUT2D eigenvalue weighted by Crippen LogP contribution is 2.21. The maximum absolute atomic E-state index is 3.68. The highest BCUT2D eigenvalue weighted by atomic mass is 32.2. The predicted molar refractivity (Wildman–Crippen MR) is 92.0 cm³/mol. The zero-order chi connectivity index (χ0) is 14.2. The molecule has 1 aromatic heterocycles. The summed E-state index contributed by atoms with van der Waals surface area (Å²) in [7, 11) is 0. The van der Waals surface area contributed by atoms with E-state index in [1.54, 1.807) is 0 Å². The molecule has 1 unspecified atom stereocenters. The Balaban J connectivity index is 1.87. The monoisotopic (exact) mass is 305 g/mol. The molecule has 0 radical (unpaired) electrons. The number of benzene rings is 1. The topological polar surface area (TPSA) is 12.0 Å². The molecule has 1 aromatic carbocycles. The van der Waals surface area contributed by atoms with Crippen molar-refractivity contribution >= 4 is 23.1 Å². The minimum Gasteiger partial charge on any atom is -0.313 e. The maximum Gasteiger partial charge on any atom is 0.0209 e. The molecule has 0 amide bonds. The Hall–Kier alpha value is -0.770. The molecule has 0 saturated carbocycles. The largest absolute Gasteiger partial charge is 0.313 e. The van der Waals surface area contributed by atoms with Gasteiger partial charge in [0.25, 0.3) is 0 Å². The standard InChI is InChI=1S/C17H23NS2/c1-3-10-18-15(12-17-5-4-11-19-17)13-20-16-8-6-14(2)7-9-16/h4-9,11,15,18H,3,10,12-13H2,1-2H3. The van der Waals surface area contributed by atoms with Gasteiger partial charge < -0.3 is 5.32 Å². The number of hydrogen-bond acceptors (Lipinski definition) is 3. The van der Waals surface area contributed by atoms with Crippen molar-refractivity contribution in [3.05, 3.63) is 52.2 Å². The van der Waals surface area contributed by atoms with E-state index in [0.29, 0.717) is 6.04 Å². The lowest BCUT2D eigenvalue weighted by atomic mass is 10.2. The van der Waals surface area contributed by atoms with Crippen LogP contribution in [0.5, 0.6) is 0 Å². The minimum atomic E-state index is 0.555. The van der Waals surface area contributed by atoms with Crippen LogP contribution in [0.25, 0.3) is 0 Å². The second-order valence-corrected chi connectivity index (χ2v) is 7.18. The van der Waals surface area contributed by atoms with Gasteiger partial charge in [-0.3, -0.25) is 0 Å². The summed E-state index contributed by atoms with van der Waals surface area (Å²) < 4.78 is 0. The van der Waals surface area contributed by atoms with Crippen molar-refractivity contribution in [2.45, 2.75) is 37.6 Å². The Morgan fingerprint density at radius 1 is 1.20 bits per heavy atom. The normalized spacial score (nSPS) is 12.5. The van der Waals surface area contributed by atoms with Crippen molar-refractivity contribution in [3.8, 4) is 0 Å². The summed E-state index contributed by atoms with van der Waals surface area (Å²) in [5.74, 6) is 1.13. The average molecular weight is 306 g/mol. The number of thioether (sulfide) groups is 1. The first-order valence-electron chi connectivity index (χ1n) is 7.23. The number of hydrogen-bond donors (Lipinski definition) is 1. The van der Waals surface area contributed by atoms with Crippen LogP contribution >= 0.6 is 23.1 Å². The molecule has 3 heteroatoms. The fourth-order valence-corrected chi connectivity index (χ4v) is 3.79. The van der Waals surface area contributed by atoms with Gasteiger partial charge in [-0.25, -0.2) is 0 Å². The van der Waals surface area contributed by atoms with Gasteiger partial charge in [0.1, 0.15) is 0 Å². The maximum atomic E-state index is 3.68. The summed E-state index contributed by atoms with van der Waals surface area (Å²) in [6, 6.07) is 13.8. The van der Waals surface area contributed by atoms with Crippen molar-refractivity contribution in [3.63, 3.8) is 0 Å². The van der Waals surface area contributed by atoms with Crippen LogP contribution in [0.15, 0.2) is 46.7 Å². The van der Waals surface area contributed by atoms with Crippen molar-refractivity contribution in [1.82, 2.24) is 5.32 Å². The Morgan fingerprint density at radius 3 is 2.65 bits per heavy atom. The van der Waals surface area contributed by atoms with Crippen molar-refractivity contribution in [1.29, 1.82) is 0 Å². The van der Waals surface area contributed by atoms with E-state index in [1.807, 2.05) is 23.1 Å². The van der Waals surface area contributed by atoms with Crippen LogP contribution < -0.4 is 5.32 Å². The van der Waals surface area contributed by atoms with Gasteiger partial charge in [-0.05, 0) is 49.9 Å². The van der Waals surface area contributed by atoms with Crippen LogP contribution in [0, 0.1) is 6.92 Å². The first kappa shape index (κ1) is 15.6. The molecule has 0 aliphatic rings. The van der Waals surface area contributed by atoms with E-state index in [2.05, 4.69) is 60.9 Å². The Bertz CT molecular complexity index is 476. The van der Waals surface area contributed by atoms with Gasteiger partial charge in [-0.1, -0.05) is 30.7 Å². The van der Waals surface area contributed by atoms with E-state index < -0.39 is 0 Å². The van der Waals surface area contributed by atoms with Gasteiger partial charge in [-0.2, -0.15) is 0 Å². The molecular weight excluding hydrogens is 282 g/mol. The van der Waals surface area contributed by atoms with Gasteiger partial charge in [0.05, 0.1) is 0 Å². The van der Waals surface area contributed by atoms with Crippen LogP contribution in [0.1, 0.15) is 23.8 Å². The predicted octanol–water partition coefficient (Wildman–Crippen LogP) is 4.76. The van der Waals surface area contributed by atoms with Crippen LogP contribution in [-0.4, -0.2) is 18.3 Å². The van der Waals surface area contributed by atoms with E-state index in [9.17, 15) is 0 Å². The summed E-state index contributed by atoms with van der Waals surface area (Å²) in [4.78, 5) is 2.84. The fraction of sp³-hybridized carbons (Fsp3) is 0.412. The van der Waals surface area contributed by atoms with Crippen molar-refractivity contribution < 1.29 is 0 Å². The van der Waals surface area contributed by atoms with E-state index in [0.717, 1.165) is 18.7 Å². The molecule has 20 heavy (non-hydrogen) atoms. The van der Waals surface area contributed by atoms with Gasteiger partial charge in [0, 0.05) is 21.6 Å². The lowest BCUT2D eigenvalue weighted by molar-refractivity contribution is 0.553. The Morgan fingerprint density at radius 2 is 2.00 bits per heavy atom. The number of aryl methyl sites for hydroxylation is 1. The Labute approximate surface area is 130 Å². The molecular formula is C17H23NS2. The minimum absolute atomic E-state index is 0.555. The zero-order valence-corrected chi connectivity index (χ0v) is 13.9. The molecule has 108 valence electrons. The zero-order valence-electron chi connectivity index (χ0n) is 12.3. The van der Waals surface area contributed by atoms with Gasteiger partial charge in [0.2, 0.25) is 0 Å². The molecule has 1 N–H and O–H groups in total. The van der Waals surface area contributed by atoms with E-state index in [-0.39, 0.29) is 0 Å². The summed E-state index contributed by atoms with van der Waals surface area (Å²) in [5.41, 5.74) is 1.33. The summed E-state index contributed by atoms with van der Waals surface area (Å²) in [6.45, 7) is 5.46. The summed E-state index contributed by atoms with van der Waals surface area (Å²) in [5, 5.41) is 5.84. The van der Waals surface area contributed by atoms with Crippen LogP contribution in [0.4, 0.5) is 0 Å². The van der Waals surface area contributed by atoms with Crippen LogP contribution in [0.2, 0.25) is 0 Å². The first-order valence-corrected chi connectivity index (χ1v) is 9.09. The molecule has 1 nitrogen and oxygen atoms in total. The molecule has 2 aromatic rings. The number of thiophene rings is 1. The van der Waals surface area contributed by atoms with Crippen molar-refractivity contribution in [2.75, 3.05) is 12.3 Å². The highest BCUT2D eigenvalue weighted by Gasteiger charge is 2.10. The molecule has 0 spiro atoms. The summed E-state index contributed by atoms with van der Waals surface area (Å²) in [6.07, 6.45) is 2.33. The number of rotatable bonds is 8. The molecule has 0 bridgehead atoms. The van der Waals surface area contributed by atoms with Gasteiger partial charge in [-0.15, -0.1) is 23.1 Å². The second-order valence-electron chi connectivity index (χ2n) is 5.06. The molecule has 0 fully saturated rings. The highest BCUT2D eigenvalue weighted by molar-refractivity contribution is 7.99. The van der Waals surface area contributed by atoms with Crippen molar-refractivity contribution in [2.24, 2.45) is 0 Å². The van der Waals surface area contributed by atoms with Crippen LogP contribution in [0.3, 0.4) is 0 Å². The van der Waals surface area contributed by atoms with Gasteiger partial charge in [0.15, 0.2) is 0 Å². The molecule has 0 saturated heterocycles. The Kier molecular flexibility index (Phi) is 6.64. The molecule has 1 heterocycles. The smallest absolute Gasteiger partial charge is 0.0209 e. The van der Waals surface area contributed by atoms with Crippen LogP contribution in [-0.2, 0) is 6.42 Å².